The van der Waals surface area contributed by atoms with E-state index in [1.54, 1.807) is 0 Å². The molecule has 0 aliphatic heterocycles. The Labute approximate surface area is 270 Å². The summed E-state index contributed by atoms with van der Waals surface area (Å²) in [6.07, 6.45) is 4.29. The van der Waals surface area contributed by atoms with E-state index in [4.69, 9.17) is 0 Å². The number of carbonyl (C=O) groups is 2. The average Bonchev–Trinajstić information content (AvgIpc) is 2.88. The molecule has 0 aliphatic rings. The fourth-order valence-corrected chi connectivity index (χ4v) is 5.52. The first kappa shape index (κ1) is 37.6. The summed E-state index contributed by atoms with van der Waals surface area (Å²) in [5, 5.41) is 6.51. The lowest BCUT2D eigenvalue weighted by Crippen LogP contribution is -2.60. The minimum absolute atomic E-state index is 0.0215. The van der Waals surface area contributed by atoms with Crippen molar-refractivity contribution in [3.8, 4) is 0 Å². The van der Waals surface area contributed by atoms with E-state index in [0.29, 0.717) is 38.5 Å². The Hall–Kier alpha value is -2.62. The van der Waals surface area contributed by atoms with Gasteiger partial charge < -0.3 is 10.6 Å². The second kappa shape index (κ2) is 14.2. The molecular formula is C40H64N2O2. The Morgan fingerprint density at radius 2 is 0.818 bits per heavy atom. The Balaban J connectivity index is 2.18. The van der Waals surface area contributed by atoms with Gasteiger partial charge >= 0.3 is 0 Å². The van der Waals surface area contributed by atoms with Crippen molar-refractivity contribution in [2.45, 2.75) is 169 Å². The van der Waals surface area contributed by atoms with Crippen LogP contribution in [-0.4, -0.2) is 17.5 Å². The van der Waals surface area contributed by atoms with Crippen LogP contribution in [0.5, 0.6) is 0 Å². The summed E-state index contributed by atoms with van der Waals surface area (Å²) in [7, 11) is 0. The van der Waals surface area contributed by atoms with Gasteiger partial charge in [-0.1, -0.05) is 140 Å². The Kier molecular flexibility index (Phi) is 12.1. The number of benzene rings is 2. The van der Waals surface area contributed by atoms with Gasteiger partial charge in [-0.05, 0) is 80.7 Å². The highest BCUT2D eigenvalue weighted by molar-refractivity contribution is 5.80. The monoisotopic (exact) mass is 604 g/mol. The van der Waals surface area contributed by atoms with Crippen molar-refractivity contribution in [1.82, 2.24) is 10.6 Å². The molecule has 0 heterocycles. The number of carbonyl (C=O) groups excluding carboxylic acids is 2. The van der Waals surface area contributed by atoms with Crippen molar-refractivity contribution in [2.24, 2.45) is 0 Å². The van der Waals surface area contributed by atoms with Gasteiger partial charge in [0.1, 0.15) is 5.66 Å². The molecule has 0 atom stereocenters. The zero-order chi connectivity index (χ0) is 33.7. The summed E-state index contributed by atoms with van der Waals surface area (Å²) in [6, 6.07) is 13.6. The van der Waals surface area contributed by atoms with Crippen molar-refractivity contribution in [2.75, 3.05) is 0 Å². The molecular weight excluding hydrogens is 540 g/mol. The molecule has 2 rings (SSSR count). The van der Waals surface area contributed by atoms with Crippen molar-refractivity contribution in [3.63, 3.8) is 0 Å². The van der Waals surface area contributed by atoms with Crippen LogP contribution >= 0.6 is 0 Å². The first-order valence-electron chi connectivity index (χ1n) is 16.9. The van der Waals surface area contributed by atoms with Gasteiger partial charge in [-0.2, -0.15) is 0 Å². The second-order valence-electron chi connectivity index (χ2n) is 17.1. The predicted octanol–water partition coefficient (Wildman–Crippen LogP) is 9.58. The number of amides is 2. The van der Waals surface area contributed by atoms with E-state index in [1.807, 2.05) is 6.92 Å². The van der Waals surface area contributed by atoms with E-state index in [1.165, 1.54) is 33.4 Å². The largest absolute Gasteiger partial charge is 0.333 e. The molecule has 0 fully saturated rings. The smallest absolute Gasteiger partial charge is 0.222 e. The summed E-state index contributed by atoms with van der Waals surface area (Å²) in [5.74, 6) is -0.0430. The van der Waals surface area contributed by atoms with E-state index in [0.717, 1.165) is 6.42 Å². The van der Waals surface area contributed by atoms with Crippen LogP contribution < -0.4 is 10.6 Å². The molecule has 246 valence electrons. The number of rotatable bonds is 11. The summed E-state index contributed by atoms with van der Waals surface area (Å²) in [5.41, 5.74) is 6.94. The molecule has 0 bridgehead atoms. The minimum atomic E-state index is -0.740. The molecule has 0 saturated heterocycles. The summed E-state index contributed by atoms with van der Waals surface area (Å²) >= 11 is 0. The van der Waals surface area contributed by atoms with Crippen molar-refractivity contribution < 1.29 is 9.59 Å². The molecule has 0 aromatic heterocycles. The lowest BCUT2D eigenvalue weighted by molar-refractivity contribution is -0.127. The quantitative estimate of drug-likeness (QED) is 0.251. The third kappa shape index (κ3) is 11.1. The van der Waals surface area contributed by atoms with Gasteiger partial charge in [0.2, 0.25) is 11.8 Å². The van der Waals surface area contributed by atoms with Gasteiger partial charge in [0, 0.05) is 12.8 Å². The molecule has 2 N–H and O–H groups in total. The van der Waals surface area contributed by atoms with Crippen LogP contribution in [0.2, 0.25) is 0 Å². The fourth-order valence-electron chi connectivity index (χ4n) is 5.52. The third-order valence-electron chi connectivity index (χ3n) is 8.77. The number of hydrogen-bond donors (Lipinski definition) is 2. The maximum Gasteiger partial charge on any atom is 0.222 e. The Morgan fingerprint density at radius 3 is 1.05 bits per heavy atom. The molecule has 0 spiro atoms. The van der Waals surface area contributed by atoms with Crippen molar-refractivity contribution in [3.05, 3.63) is 69.8 Å². The van der Waals surface area contributed by atoms with E-state index in [9.17, 15) is 9.59 Å². The fraction of sp³-hybridized carbons (Fsp3) is 0.650. The van der Waals surface area contributed by atoms with E-state index >= 15 is 0 Å². The zero-order valence-electron chi connectivity index (χ0n) is 30.7. The number of hydrogen-bond acceptors (Lipinski definition) is 2. The van der Waals surface area contributed by atoms with Crippen LogP contribution in [-0.2, 0) is 44.1 Å². The molecule has 44 heavy (non-hydrogen) atoms. The summed E-state index contributed by atoms with van der Waals surface area (Å²) in [6.45, 7) is 31.0. The molecule has 2 aromatic carbocycles. The van der Waals surface area contributed by atoms with E-state index < -0.39 is 5.66 Å². The number of nitrogens with one attached hydrogen (secondary N) is 2. The maximum atomic E-state index is 13.4. The van der Waals surface area contributed by atoms with Crippen LogP contribution in [0, 0.1) is 0 Å². The lowest BCUT2D eigenvalue weighted by atomic mass is 9.79. The van der Waals surface area contributed by atoms with Gasteiger partial charge in [0.25, 0.3) is 0 Å². The lowest BCUT2D eigenvalue weighted by Gasteiger charge is -2.35. The van der Waals surface area contributed by atoms with E-state index in [2.05, 4.69) is 137 Å². The highest BCUT2D eigenvalue weighted by Crippen LogP contribution is 2.32. The molecule has 0 saturated carbocycles. The first-order chi connectivity index (χ1) is 20.0. The van der Waals surface area contributed by atoms with Crippen LogP contribution in [0.15, 0.2) is 36.4 Å². The standard InChI is InChI=1S/C40H64N2O2/c1-15-21-40(16-2,41-34(43)19-17-28-22-30(36(3,4)5)26-31(23-28)37(6,7)8)42-35(44)20-18-29-24-32(38(9,10)11)27-33(25-29)39(12,13)14/h22-27H,15-21H2,1-14H3,(H,41,43)(H,42,44). The molecule has 0 aliphatic carbocycles. The Bertz CT molecular complexity index is 1120. The topological polar surface area (TPSA) is 58.2 Å². The molecule has 4 nitrogen and oxygen atoms in total. The minimum Gasteiger partial charge on any atom is -0.333 e. The summed E-state index contributed by atoms with van der Waals surface area (Å²) in [4.78, 5) is 26.8. The van der Waals surface area contributed by atoms with Crippen molar-refractivity contribution in [1.29, 1.82) is 0 Å². The van der Waals surface area contributed by atoms with Crippen LogP contribution in [0.1, 0.15) is 162 Å². The van der Waals surface area contributed by atoms with Gasteiger partial charge in [0.05, 0.1) is 0 Å². The maximum absolute atomic E-state index is 13.4. The highest BCUT2D eigenvalue weighted by atomic mass is 16.2. The zero-order valence-corrected chi connectivity index (χ0v) is 30.7. The molecule has 0 radical (unpaired) electrons. The van der Waals surface area contributed by atoms with E-state index in [-0.39, 0.29) is 33.5 Å². The third-order valence-corrected chi connectivity index (χ3v) is 8.77. The second-order valence-corrected chi connectivity index (χ2v) is 17.1. The normalized spacial score (nSPS) is 13.1. The molecule has 2 aromatic rings. The highest BCUT2D eigenvalue weighted by Gasteiger charge is 2.31. The van der Waals surface area contributed by atoms with Gasteiger partial charge in [-0.25, -0.2) is 0 Å². The molecule has 4 heteroatoms. The Morgan fingerprint density at radius 1 is 0.523 bits per heavy atom. The van der Waals surface area contributed by atoms with Gasteiger partial charge in [-0.3, -0.25) is 9.59 Å². The molecule has 0 unspecified atom stereocenters. The van der Waals surface area contributed by atoms with Crippen LogP contribution in [0.3, 0.4) is 0 Å². The molecule has 2 amide bonds. The average molecular weight is 605 g/mol. The van der Waals surface area contributed by atoms with Crippen LogP contribution in [0.25, 0.3) is 0 Å². The summed E-state index contributed by atoms with van der Waals surface area (Å²) < 4.78 is 0. The van der Waals surface area contributed by atoms with Crippen molar-refractivity contribution >= 4 is 11.8 Å². The van der Waals surface area contributed by atoms with Gasteiger partial charge in [-0.15, -0.1) is 0 Å². The van der Waals surface area contributed by atoms with Crippen LogP contribution in [0.4, 0.5) is 0 Å². The number of aryl methyl sites for hydroxylation is 2. The predicted molar refractivity (Wildman–Crippen MR) is 189 cm³/mol. The SMILES string of the molecule is CCCC(CC)(NC(=O)CCc1cc(C(C)(C)C)cc(C(C)(C)C)c1)NC(=O)CCc1cc(C(C)(C)C)cc(C(C)(C)C)c1. The first-order valence-corrected chi connectivity index (χ1v) is 16.9. The van der Waals surface area contributed by atoms with Gasteiger partial charge in [0.15, 0.2) is 0 Å².